The number of amides is 1. The second-order valence-electron chi connectivity index (χ2n) is 4.45. The van der Waals surface area contributed by atoms with E-state index >= 15 is 0 Å². The lowest BCUT2D eigenvalue weighted by molar-refractivity contribution is 0.0786. The maximum absolute atomic E-state index is 11.9. The molecule has 0 saturated carbocycles. The van der Waals surface area contributed by atoms with Crippen LogP contribution in [-0.4, -0.2) is 35.4 Å². The third kappa shape index (κ3) is 3.22. The van der Waals surface area contributed by atoms with Crippen LogP contribution in [0.1, 0.15) is 10.5 Å². The van der Waals surface area contributed by atoms with Crippen LogP contribution in [0.15, 0.2) is 36.4 Å². The van der Waals surface area contributed by atoms with Gasteiger partial charge in [0, 0.05) is 0 Å². The number of nitrogens with zero attached hydrogens (tertiary/aromatic N) is 2. The number of hydrogen-bond donors (Lipinski definition) is 1. The molecule has 21 heavy (non-hydrogen) atoms. The lowest BCUT2D eigenvalue weighted by atomic mass is 10.2. The monoisotopic (exact) mass is 305 g/mol. The fraction of sp³-hybridized carbons (Fsp3) is 0.214. The molecule has 6 nitrogen and oxygen atoms in total. The minimum absolute atomic E-state index is 0.205. The van der Waals surface area contributed by atoms with Crippen LogP contribution in [0, 0.1) is 0 Å². The molecule has 1 N–H and O–H groups in total. The number of nitrogens with one attached hydrogen (secondary N) is 1. The quantitative estimate of drug-likeness (QED) is 0.934. The smallest absolute Gasteiger partial charge is 0.271 e. The molecular weight excluding hydrogens is 294 g/mol. The highest BCUT2D eigenvalue weighted by Gasteiger charge is 2.21. The predicted molar refractivity (Wildman–Crippen MR) is 75.7 cm³/mol. The fourth-order valence-corrected chi connectivity index (χ4v) is 2.00. The van der Waals surface area contributed by atoms with Gasteiger partial charge in [0.25, 0.3) is 5.91 Å². The maximum atomic E-state index is 11.9. The van der Waals surface area contributed by atoms with E-state index in [9.17, 15) is 4.79 Å². The molecule has 1 aromatic carbocycles. The highest BCUT2D eigenvalue weighted by molar-refractivity contribution is 6.29. The highest BCUT2D eigenvalue weighted by atomic mass is 35.5. The Morgan fingerprint density at radius 2 is 2.05 bits per heavy atom. The van der Waals surface area contributed by atoms with Gasteiger partial charge in [0.1, 0.15) is 12.7 Å². The van der Waals surface area contributed by atoms with Crippen molar-refractivity contribution in [2.45, 2.75) is 6.10 Å². The Hall–Kier alpha value is -2.34. The Morgan fingerprint density at radius 3 is 2.81 bits per heavy atom. The van der Waals surface area contributed by atoms with E-state index in [4.69, 9.17) is 21.1 Å². The van der Waals surface area contributed by atoms with E-state index in [2.05, 4.69) is 15.5 Å². The minimum Gasteiger partial charge on any atom is -0.486 e. The van der Waals surface area contributed by atoms with Gasteiger partial charge >= 0.3 is 0 Å². The van der Waals surface area contributed by atoms with E-state index in [-0.39, 0.29) is 22.9 Å². The summed E-state index contributed by atoms with van der Waals surface area (Å²) >= 11 is 5.62. The molecule has 1 aliphatic rings. The summed E-state index contributed by atoms with van der Waals surface area (Å²) in [6.45, 7) is 0.695. The first-order valence-electron chi connectivity index (χ1n) is 6.38. The molecule has 2 aromatic rings. The molecule has 1 amide bonds. The molecule has 0 saturated heterocycles. The van der Waals surface area contributed by atoms with Crippen molar-refractivity contribution in [2.24, 2.45) is 0 Å². The largest absolute Gasteiger partial charge is 0.486 e. The third-order valence-corrected chi connectivity index (χ3v) is 3.12. The lowest BCUT2D eigenvalue weighted by Crippen LogP contribution is -2.41. The van der Waals surface area contributed by atoms with Gasteiger partial charge in [-0.3, -0.25) is 4.79 Å². The molecule has 1 unspecified atom stereocenters. The zero-order valence-electron chi connectivity index (χ0n) is 11.0. The van der Waals surface area contributed by atoms with Crippen molar-refractivity contribution in [3.63, 3.8) is 0 Å². The summed E-state index contributed by atoms with van der Waals surface area (Å²) < 4.78 is 11.3. The zero-order chi connectivity index (χ0) is 14.7. The topological polar surface area (TPSA) is 73.3 Å². The van der Waals surface area contributed by atoms with Gasteiger partial charge in [0.2, 0.25) is 0 Å². The van der Waals surface area contributed by atoms with Crippen LogP contribution < -0.4 is 14.8 Å². The number of carbonyl (C=O) groups excluding carboxylic acids is 1. The Balaban J connectivity index is 1.56. The van der Waals surface area contributed by atoms with E-state index in [0.717, 1.165) is 0 Å². The van der Waals surface area contributed by atoms with E-state index in [0.29, 0.717) is 24.7 Å². The molecule has 0 bridgehead atoms. The fourth-order valence-electron chi connectivity index (χ4n) is 1.90. The van der Waals surface area contributed by atoms with Crippen LogP contribution in [0.25, 0.3) is 0 Å². The molecular formula is C14H12ClN3O3. The van der Waals surface area contributed by atoms with Crippen LogP contribution >= 0.6 is 11.6 Å². The summed E-state index contributed by atoms with van der Waals surface area (Å²) in [6.07, 6.45) is -0.246. The number of aromatic nitrogens is 2. The summed E-state index contributed by atoms with van der Waals surface area (Å²) in [5.74, 6) is 1.06. The number of hydrogen-bond acceptors (Lipinski definition) is 5. The van der Waals surface area contributed by atoms with Crippen LogP contribution in [-0.2, 0) is 0 Å². The van der Waals surface area contributed by atoms with Crippen molar-refractivity contribution in [2.75, 3.05) is 13.2 Å². The third-order valence-electron chi connectivity index (χ3n) is 2.92. The summed E-state index contributed by atoms with van der Waals surface area (Å²) in [4.78, 5) is 11.9. The van der Waals surface area contributed by atoms with Gasteiger partial charge in [-0.1, -0.05) is 23.7 Å². The van der Waals surface area contributed by atoms with Crippen molar-refractivity contribution >= 4 is 17.5 Å². The van der Waals surface area contributed by atoms with Crippen molar-refractivity contribution in [1.82, 2.24) is 15.5 Å². The first-order chi connectivity index (χ1) is 10.2. The second-order valence-corrected chi connectivity index (χ2v) is 4.84. The van der Waals surface area contributed by atoms with Crippen LogP contribution in [0.4, 0.5) is 0 Å². The normalized spacial score (nSPS) is 16.3. The Labute approximate surface area is 126 Å². The van der Waals surface area contributed by atoms with E-state index in [1.54, 1.807) is 0 Å². The predicted octanol–water partition coefficient (Wildman–Crippen LogP) is 1.70. The summed E-state index contributed by atoms with van der Waals surface area (Å²) in [5.41, 5.74) is 0.205. The van der Waals surface area contributed by atoms with E-state index < -0.39 is 0 Å². The van der Waals surface area contributed by atoms with Gasteiger partial charge in [-0.25, -0.2) is 0 Å². The number of para-hydroxylation sites is 2. The van der Waals surface area contributed by atoms with Gasteiger partial charge in [-0.15, -0.1) is 10.2 Å². The van der Waals surface area contributed by atoms with Crippen molar-refractivity contribution < 1.29 is 14.3 Å². The molecule has 1 atom stereocenters. The summed E-state index contributed by atoms with van der Waals surface area (Å²) in [7, 11) is 0. The first-order valence-corrected chi connectivity index (χ1v) is 6.76. The molecule has 0 spiro atoms. The number of halogens is 1. The van der Waals surface area contributed by atoms with Gasteiger partial charge in [-0.2, -0.15) is 0 Å². The molecule has 1 aromatic heterocycles. The van der Waals surface area contributed by atoms with Gasteiger partial charge in [-0.05, 0) is 24.3 Å². The van der Waals surface area contributed by atoms with Crippen LogP contribution in [0.2, 0.25) is 5.15 Å². The molecule has 0 fully saturated rings. The van der Waals surface area contributed by atoms with Crippen LogP contribution in [0.3, 0.4) is 0 Å². The number of carbonyl (C=O) groups is 1. The SMILES string of the molecule is O=C(NCC1COc2ccccc2O1)c1ccc(Cl)nn1. The standard InChI is InChI=1S/C14H12ClN3O3/c15-13-6-5-10(17-18-13)14(19)16-7-9-8-20-11-3-1-2-4-12(11)21-9/h1-6,9H,7-8H2,(H,16,19). The van der Waals surface area contributed by atoms with Gasteiger partial charge in [0.05, 0.1) is 6.54 Å². The molecule has 7 heteroatoms. The van der Waals surface area contributed by atoms with Gasteiger partial charge < -0.3 is 14.8 Å². The van der Waals surface area contributed by atoms with Crippen molar-refractivity contribution in [1.29, 1.82) is 0 Å². The summed E-state index contributed by atoms with van der Waals surface area (Å²) in [5, 5.41) is 10.3. The minimum atomic E-state index is -0.332. The first kappa shape index (κ1) is 13.6. The zero-order valence-corrected chi connectivity index (χ0v) is 11.7. The number of benzene rings is 1. The molecule has 1 aliphatic heterocycles. The van der Waals surface area contributed by atoms with Gasteiger partial charge in [0.15, 0.2) is 22.3 Å². The van der Waals surface area contributed by atoms with E-state index in [1.807, 2.05) is 24.3 Å². The maximum Gasteiger partial charge on any atom is 0.271 e. The Bertz CT molecular complexity index is 648. The summed E-state index contributed by atoms with van der Waals surface area (Å²) in [6, 6.07) is 10.4. The second kappa shape index (κ2) is 5.97. The molecule has 108 valence electrons. The molecule has 2 heterocycles. The van der Waals surface area contributed by atoms with Crippen molar-refractivity contribution in [3.8, 4) is 11.5 Å². The average Bonchev–Trinajstić information content (AvgIpc) is 2.53. The molecule has 0 radical (unpaired) electrons. The Morgan fingerprint density at radius 1 is 1.24 bits per heavy atom. The van der Waals surface area contributed by atoms with Crippen molar-refractivity contribution in [3.05, 3.63) is 47.2 Å². The van der Waals surface area contributed by atoms with E-state index in [1.165, 1.54) is 12.1 Å². The Kier molecular flexibility index (Phi) is 3.87. The number of rotatable bonds is 3. The highest BCUT2D eigenvalue weighted by Crippen LogP contribution is 2.30. The number of fused-ring (bicyclic) bond motifs is 1. The molecule has 3 rings (SSSR count). The average molecular weight is 306 g/mol. The molecule has 0 aliphatic carbocycles. The number of ether oxygens (including phenoxy) is 2. The van der Waals surface area contributed by atoms with Crippen LogP contribution in [0.5, 0.6) is 11.5 Å². The lowest BCUT2D eigenvalue weighted by Gasteiger charge is -2.26.